The normalized spacial score (nSPS) is 16.7. The van der Waals surface area contributed by atoms with Crippen molar-refractivity contribution in [1.82, 2.24) is 5.32 Å². The Balaban J connectivity index is 1.94. The number of thioether (sulfide) groups is 1. The molecule has 2 rings (SSSR count). The van der Waals surface area contributed by atoms with E-state index in [1.54, 1.807) is 12.1 Å². The fourth-order valence-electron chi connectivity index (χ4n) is 1.95. The third-order valence-corrected chi connectivity index (χ3v) is 4.84. The third kappa shape index (κ3) is 3.70. The molecule has 4 nitrogen and oxygen atoms in total. The Morgan fingerprint density at radius 3 is 2.78 bits per heavy atom. The van der Waals surface area contributed by atoms with Crippen molar-refractivity contribution in [2.75, 3.05) is 11.5 Å². The molecule has 0 radical (unpaired) electrons. The number of hydrogen-bond acceptors (Lipinski definition) is 4. The highest BCUT2D eigenvalue weighted by Gasteiger charge is 2.14. The molecule has 0 spiro atoms. The minimum absolute atomic E-state index is 0.125. The van der Waals surface area contributed by atoms with Crippen LogP contribution in [0.1, 0.15) is 18.4 Å². The van der Waals surface area contributed by atoms with Crippen molar-refractivity contribution in [2.45, 2.75) is 25.4 Å². The monoisotopic (exact) mass is 330 g/mol. The van der Waals surface area contributed by atoms with Crippen molar-refractivity contribution >= 4 is 33.4 Å². The highest BCUT2D eigenvalue weighted by atomic mass is 79.9. The number of rotatable bonds is 4. The van der Waals surface area contributed by atoms with Crippen LogP contribution in [0.5, 0.6) is 0 Å². The van der Waals surface area contributed by atoms with Crippen LogP contribution in [0.15, 0.2) is 22.7 Å². The predicted octanol–water partition coefficient (Wildman–Crippen LogP) is 3.34. The van der Waals surface area contributed by atoms with E-state index in [9.17, 15) is 10.1 Å². The maximum Gasteiger partial charge on any atom is 0.270 e. The Hall–Kier alpha value is -0.590. The molecule has 0 atom stereocenters. The van der Waals surface area contributed by atoms with E-state index >= 15 is 0 Å². The molecule has 1 saturated heterocycles. The largest absolute Gasteiger partial charge is 0.310 e. The van der Waals surface area contributed by atoms with Gasteiger partial charge in [0.2, 0.25) is 0 Å². The average Bonchev–Trinajstić information content (AvgIpc) is 2.38. The number of halogens is 1. The zero-order chi connectivity index (χ0) is 13.0. The molecule has 1 fully saturated rings. The Kier molecular flexibility index (Phi) is 5.03. The van der Waals surface area contributed by atoms with E-state index in [0.717, 1.165) is 16.6 Å². The molecule has 98 valence electrons. The van der Waals surface area contributed by atoms with Crippen molar-refractivity contribution in [1.29, 1.82) is 0 Å². The summed E-state index contributed by atoms with van der Waals surface area (Å²) >= 11 is 5.40. The first-order valence-electron chi connectivity index (χ1n) is 5.91. The fourth-order valence-corrected chi connectivity index (χ4v) is 3.56. The topological polar surface area (TPSA) is 55.2 Å². The molecule has 0 unspecified atom stereocenters. The second-order valence-electron chi connectivity index (χ2n) is 4.30. The molecule has 18 heavy (non-hydrogen) atoms. The molecule has 1 aliphatic heterocycles. The van der Waals surface area contributed by atoms with Gasteiger partial charge in [-0.1, -0.05) is 15.9 Å². The van der Waals surface area contributed by atoms with Gasteiger partial charge in [0.1, 0.15) is 0 Å². The third-order valence-electron chi connectivity index (χ3n) is 3.05. The first kappa shape index (κ1) is 13.8. The second-order valence-corrected chi connectivity index (χ2v) is 6.38. The van der Waals surface area contributed by atoms with Crippen LogP contribution in [0.2, 0.25) is 0 Å². The van der Waals surface area contributed by atoms with E-state index in [-0.39, 0.29) is 10.6 Å². The Bertz CT molecular complexity index is 436. The molecule has 0 aliphatic carbocycles. The van der Waals surface area contributed by atoms with Gasteiger partial charge in [-0.3, -0.25) is 10.1 Å². The van der Waals surface area contributed by atoms with Crippen LogP contribution in [0.25, 0.3) is 0 Å². The molecular weight excluding hydrogens is 316 g/mol. The van der Waals surface area contributed by atoms with Gasteiger partial charge in [0.15, 0.2) is 0 Å². The van der Waals surface area contributed by atoms with E-state index in [1.807, 2.05) is 17.8 Å². The smallest absolute Gasteiger partial charge is 0.270 e. The summed E-state index contributed by atoms with van der Waals surface area (Å²) in [4.78, 5) is 10.3. The summed E-state index contributed by atoms with van der Waals surface area (Å²) in [5, 5.41) is 14.2. The number of nitrogens with one attached hydrogen (secondary N) is 1. The van der Waals surface area contributed by atoms with E-state index in [2.05, 4.69) is 21.2 Å². The number of nitrogens with zero attached hydrogens (tertiary/aromatic N) is 1. The van der Waals surface area contributed by atoms with E-state index in [4.69, 9.17) is 0 Å². The van der Waals surface area contributed by atoms with Gasteiger partial charge in [-0.05, 0) is 36.0 Å². The van der Waals surface area contributed by atoms with Crippen molar-refractivity contribution in [3.63, 3.8) is 0 Å². The lowest BCUT2D eigenvalue weighted by molar-refractivity contribution is -0.384. The molecule has 1 aliphatic rings. The molecule has 0 amide bonds. The van der Waals surface area contributed by atoms with Crippen molar-refractivity contribution in [3.05, 3.63) is 38.3 Å². The molecular formula is C12H15BrN2O2S. The van der Waals surface area contributed by atoms with Crippen LogP contribution in [0, 0.1) is 10.1 Å². The maximum absolute atomic E-state index is 10.6. The molecule has 0 bridgehead atoms. The number of benzene rings is 1. The molecule has 1 heterocycles. The zero-order valence-corrected chi connectivity index (χ0v) is 12.3. The first-order valence-corrected chi connectivity index (χ1v) is 7.85. The van der Waals surface area contributed by atoms with E-state index in [0.29, 0.717) is 6.04 Å². The number of non-ortho nitro benzene ring substituents is 1. The van der Waals surface area contributed by atoms with Crippen LogP contribution in [-0.2, 0) is 6.54 Å². The van der Waals surface area contributed by atoms with Crippen molar-refractivity contribution in [3.8, 4) is 0 Å². The summed E-state index contributed by atoms with van der Waals surface area (Å²) in [6, 6.07) is 5.51. The van der Waals surface area contributed by atoms with Gasteiger partial charge in [-0.25, -0.2) is 0 Å². The van der Waals surface area contributed by atoms with Gasteiger partial charge in [0.05, 0.1) is 4.92 Å². The lowest BCUT2D eigenvalue weighted by atomic mass is 10.1. The number of nitro benzene ring substituents is 1. The maximum atomic E-state index is 10.6. The molecule has 0 saturated carbocycles. The Morgan fingerprint density at radius 1 is 1.44 bits per heavy atom. The van der Waals surface area contributed by atoms with E-state index in [1.165, 1.54) is 24.3 Å². The Morgan fingerprint density at radius 2 is 2.17 bits per heavy atom. The van der Waals surface area contributed by atoms with Gasteiger partial charge in [-0.15, -0.1) is 0 Å². The zero-order valence-electron chi connectivity index (χ0n) is 9.89. The minimum atomic E-state index is -0.375. The highest BCUT2D eigenvalue weighted by Crippen LogP contribution is 2.24. The lowest BCUT2D eigenvalue weighted by Crippen LogP contribution is -2.32. The second kappa shape index (κ2) is 6.54. The van der Waals surface area contributed by atoms with E-state index < -0.39 is 0 Å². The summed E-state index contributed by atoms with van der Waals surface area (Å²) in [6.45, 7) is 0.758. The highest BCUT2D eigenvalue weighted by molar-refractivity contribution is 9.10. The molecule has 1 aromatic carbocycles. The lowest BCUT2D eigenvalue weighted by Gasteiger charge is -2.22. The van der Waals surface area contributed by atoms with Crippen LogP contribution >= 0.6 is 27.7 Å². The van der Waals surface area contributed by atoms with Crippen LogP contribution in [-0.4, -0.2) is 22.5 Å². The van der Waals surface area contributed by atoms with Crippen molar-refractivity contribution < 1.29 is 4.92 Å². The van der Waals surface area contributed by atoms with Gasteiger partial charge in [0.25, 0.3) is 5.69 Å². The molecule has 1 N–H and O–H groups in total. The summed E-state index contributed by atoms with van der Waals surface area (Å²) in [6.07, 6.45) is 2.41. The molecule has 1 aromatic rings. The minimum Gasteiger partial charge on any atom is -0.310 e. The molecule has 6 heteroatoms. The summed E-state index contributed by atoms with van der Waals surface area (Å²) in [5.41, 5.74) is 1.19. The molecule has 0 aromatic heterocycles. The summed E-state index contributed by atoms with van der Waals surface area (Å²) in [5.74, 6) is 2.44. The van der Waals surface area contributed by atoms with Gasteiger partial charge in [-0.2, -0.15) is 11.8 Å². The van der Waals surface area contributed by atoms with Crippen molar-refractivity contribution in [2.24, 2.45) is 0 Å². The summed E-state index contributed by atoms with van der Waals surface area (Å²) < 4.78 is 0.800. The Labute approximate surface area is 119 Å². The van der Waals surface area contributed by atoms with Crippen LogP contribution < -0.4 is 5.32 Å². The predicted molar refractivity (Wildman–Crippen MR) is 78.0 cm³/mol. The van der Waals surface area contributed by atoms with Gasteiger partial charge in [0, 0.05) is 29.2 Å². The number of nitro groups is 1. The number of hydrogen-bond donors (Lipinski definition) is 1. The van der Waals surface area contributed by atoms with Crippen LogP contribution in [0.4, 0.5) is 5.69 Å². The van der Waals surface area contributed by atoms with Gasteiger partial charge >= 0.3 is 0 Å². The SMILES string of the molecule is O=[N+]([O-])c1ccc(CNC2CCSCC2)c(Br)c1. The van der Waals surface area contributed by atoms with Crippen LogP contribution in [0.3, 0.4) is 0 Å². The standard InChI is InChI=1S/C12H15BrN2O2S/c13-12-7-11(15(16)17)2-1-9(12)8-14-10-3-5-18-6-4-10/h1-2,7,10,14H,3-6,8H2. The quantitative estimate of drug-likeness (QED) is 0.679. The first-order chi connectivity index (χ1) is 8.66. The fraction of sp³-hybridized carbons (Fsp3) is 0.500. The summed E-state index contributed by atoms with van der Waals surface area (Å²) in [7, 11) is 0. The van der Waals surface area contributed by atoms with Gasteiger partial charge < -0.3 is 5.32 Å². The average molecular weight is 331 g/mol.